The van der Waals surface area contributed by atoms with E-state index in [1.54, 1.807) is 0 Å². The van der Waals surface area contributed by atoms with E-state index in [9.17, 15) is 19.8 Å². The number of carboxylic acid groups (broad SMARTS) is 2. The first-order valence-electron chi connectivity index (χ1n) is 6.93. The van der Waals surface area contributed by atoms with Crippen LogP contribution in [-0.2, 0) is 19.1 Å². The molecule has 22 heavy (non-hydrogen) atoms. The van der Waals surface area contributed by atoms with Gasteiger partial charge in [-0.25, -0.2) is 0 Å². The predicted octanol–water partition coefficient (Wildman–Crippen LogP) is -7.36. The van der Waals surface area contributed by atoms with E-state index in [4.69, 9.17) is 9.47 Å². The third-order valence-electron chi connectivity index (χ3n) is 3.99. The van der Waals surface area contributed by atoms with Crippen molar-refractivity contribution in [1.29, 1.82) is 0 Å². The molecule has 0 saturated carbocycles. The van der Waals surface area contributed by atoms with Crippen molar-refractivity contribution >= 4 is 11.9 Å². The van der Waals surface area contributed by atoms with Crippen LogP contribution >= 0.6 is 0 Å². The molecule has 2 heterocycles. The fourth-order valence-corrected chi connectivity index (χ4v) is 2.97. The van der Waals surface area contributed by atoms with Crippen molar-refractivity contribution in [2.45, 2.75) is 25.7 Å². The summed E-state index contributed by atoms with van der Waals surface area (Å²) in [6.45, 7) is 1.76. The quantitative estimate of drug-likeness (QED) is 0.376. The molecule has 0 amide bonds. The van der Waals surface area contributed by atoms with Crippen molar-refractivity contribution in [1.82, 2.24) is 0 Å². The Morgan fingerprint density at radius 2 is 0.955 bits per heavy atom. The molecule has 2 fully saturated rings. The van der Waals surface area contributed by atoms with Crippen LogP contribution < -0.4 is 69.3 Å². The Morgan fingerprint density at radius 3 is 1.18 bits per heavy atom. The molecule has 2 rings (SSSR count). The van der Waals surface area contributed by atoms with Gasteiger partial charge >= 0.3 is 59.1 Å². The van der Waals surface area contributed by atoms with Crippen molar-refractivity contribution in [3.8, 4) is 0 Å². The number of aliphatic carboxylic acids is 2. The Kier molecular flexibility index (Phi) is 11.5. The first-order valence-corrected chi connectivity index (χ1v) is 6.93. The van der Waals surface area contributed by atoms with Gasteiger partial charge in [0.2, 0.25) is 0 Å². The molecule has 2 aliphatic heterocycles. The third kappa shape index (κ3) is 5.91. The van der Waals surface area contributed by atoms with E-state index in [1.807, 2.05) is 0 Å². The molecule has 0 atom stereocenters. The number of hydrogen-bond acceptors (Lipinski definition) is 6. The molecule has 0 spiro atoms. The van der Waals surface area contributed by atoms with Gasteiger partial charge in [-0.3, -0.25) is 0 Å². The molecule has 0 aliphatic carbocycles. The monoisotopic (exact) mass is 328 g/mol. The van der Waals surface area contributed by atoms with Crippen molar-refractivity contribution < 1.29 is 88.4 Å². The van der Waals surface area contributed by atoms with E-state index in [0.717, 1.165) is 0 Å². The molecule has 0 N–H and O–H groups in total. The average molecular weight is 328 g/mol. The second-order valence-electron chi connectivity index (χ2n) is 5.18. The molecular formula is C14H18Na2O6. The molecule has 6 nitrogen and oxygen atoms in total. The van der Waals surface area contributed by atoms with Gasteiger partial charge in [-0.15, -0.1) is 0 Å². The summed E-state index contributed by atoms with van der Waals surface area (Å²) in [6, 6.07) is 0. The minimum absolute atomic E-state index is 0. The molecule has 112 valence electrons. The Morgan fingerprint density at radius 1 is 0.682 bits per heavy atom. The Bertz CT molecular complexity index is 374. The van der Waals surface area contributed by atoms with Gasteiger partial charge in [0, 0.05) is 26.4 Å². The van der Waals surface area contributed by atoms with E-state index in [0.29, 0.717) is 52.1 Å². The Hall–Kier alpha value is 0.600. The topological polar surface area (TPSA) is 98.7 Å². The van der Waals surface area contributed by atoms with Crippen LogP contribution in [0.4, 0.5) is 0 Å². The smallest absolute Gasteiger partial charge is 0.545 e. The predicted molar refractivity (Wildman–Crippen MR) is 64.1 cm³/mol. The summed E-state index contributed by atoms with van der Waals surface area (Å²) in [5.74, 6) is -3.46. The van der Waals surface area contributed by atoms with Crippen molar-refractivity contribution in [2.24, 2.45) is 11.8 Å². The van der Waals surface area contributed by atoms with Gasteiger partial charge in [-0.05, 0) is 48.7 Å². The van der Waals surface area contributed by atoms with Crippen LogP contribution in [0.3, 0.4) is 0 Å². The maximum Gasteiger partial charge on any atom is 1.00 e. The molecule has 0 radical (unpaired) electrons. The number of carboxylic acids is 2. The Balaban J connectivity index is 0.00000220. The van der Waals surface area contributed by atoms with E-state index >= 15 is 0 Å². The van der Waals surface area contributed by atoms with Crippen LogP contribution in [-0.4, -0.2) is 38.4 Å². The fourth-order valence-electron chi connectivity index (χ4n) is 2.97. The van der Waals surface area contributed by atoms with Crippen molar-refractivity contribution in [2.75, 3.05) is 26.4 Å². The normalized spacial score (nSPS) is 21.1. The van der Waals surface area contributed by atoms with Crippen LogP contribution in [0.1, 0.15) is 25.7 Å². The van der Waals surface area contributed by atoms with Gasteiger partial charge < -0.3 is 29.3 Å². The SMILES string of the molecule is O=C([O-])C(=C(C(=O)[O-])C1CCOCC1)C1CCOCC1.[Na+].[Na+]. The average Bonchev–Trinajstić information content (AvgIpc) is 2.45. The zero-order valence-corrected chi connectivity index (χ0v) is 17.3. The maximum atomic E-state index is 11.5. The van der Waals surface area contributed by atoms with Crippen molar-refractivity contribution in [3.63, 3.8) is 0 Å². The fraction of sp³-hybridized carbons (Fsp3) is 0.714. The minimum atomic E-state index is -1.40. The molecule has 2 saturated heterocycles. The largest absolute Gasteiger partial charge is 1.00 e. The molecule has 2 aliphatic rings. The number of carbonyl (C=O) groups is 2. The van der Waals surface area contributed by atoms with Gasteiger partial charge in [0.15, 0.2) is 0 Å². The van der Waals surface area contributed by atoms with Crippen molar-refractivity contribution in [3.05, 3.63) is 11.1 Å². The summed E-state index contributed by atoms with van der Waals surface area (Å²) in [4.78, 5) is 22.9. The molecule has 0 aromatic heterocycles. The first kappa shape index (κ1) is 22.6. The summed E-state index contributed by atoms with van der Waals surface area (Å²) in [5.41, 5.74) is -0.194. The maximum absolute atomic E-state index is 11.5. The summed E-state index contributed by atoms with van der Waals surface area (Å²) in [5, 5.41) is 22.9. The summed E-state index contributed by atoms with van der Waals surface area (Å²) < 4.78 is 10.4. The first-order chi connectivity index (χ1) is 9.61. The number of ether oxygens (including phenoxy) is 2. The molecule has 0 aromatic rings. The van der Waals surface area contributed by atoms with Crippen LogP contribution in [0.2, 0.25) is 0 Å². The van der Waals surface area contributed by atoms with Gasteiger partial charge in [-0.2, -0.15) is 0 Å². The van der Waals surface area contributed by atoms with Gasteiger partial charge in [-0.1, -0.05) is 0 Å². The molecule has 0 bridgehead atoms. The summed E-state index contributed by atoms with van der Waals surface area (Å²) in [7, 11) is 0. The standard InChI is InChI=1S/C14H20O6.2Na/c15-13(16)11(9-1-5-19-6-2-9)12(14(17)18)10-3-7-20-8-4-10;;/h9-10H,1-8H2,(H,15,16)(H,17,18);;/q;2*+1/p-2. The molecule has 8 heteroatoms. The second kappa shape index (κ2) is 11.2. The zero-order valence-electron chi connectivity index (χ0n) is 13.3. The van der Waals surface area contributed by atoms with Crippen LogP contribution in [0.5, 0.6) is 0 Å². The molecule has 0 unspecified atom stereocenters. The van der Waals surface area contributed by atoms with Gasteiger partial charge in [0.05, 0.1) is 11.9 Å². The van der Waals surface area contributed by atoms with E-state index in [2.05, 4.69) is 0 Å². The van der Waals surface area contributed by atoms with E-state index in [-0.39, 0.29) is 82.1 Å². The van der Waals surface area contributed by atoms with Crippen LogP contribution in [0.15, 0.2) is 11.1 Å². The Labute approximate surface area is 174 Å². The molecule has 0 aromatic carbocycles. The number of rotatable bonds is 4. The number of carbonyl (C=O) groups excluding carboxylic acids is 2. The van der Waals surface area contributed by atoms with Crippen LogP contribution in [0, 0.1) is 11.8 Å². The van der Waals surface area contributed by atoms with E-state index in [1.165, 1.54) is 0 Å². The van der Waals surface area contributed by atoms with Gasteiger partial charge in [0.25, 0.3) is 0 Å². The second-order valence-corrected chi connectivity index (χ2v) is 5.18. The zero-order chi connectivity index (χ0) is 14.5. The summed E-state index contributed by atoms with van der Waals surface area (Å²) in [6.07, 6.45) is 2.01. The third-order valence-corrected chi connectivity index (χ3v) is 3.99. The minimum Gasteiger partial charge on any atom is -0.545 e. The van der Waals surface area contributed by atoms with Crippen LogP contribution in [0.25, 0.3) is 0 Å². The van der Waals surface area contributed by atoms with Gasteiger partial charge in [0.1, 0.15) is 0 Å². The summed E-state index contributed by atoms with van der Waals surface area (Å²) >= 11 is 0. The number of hydrogen-bond donors (Lipinski definition) is 0. The molecular weight excluding hydrogens is 310 g/mol. The van der Waals surface area contributed by atoms with E-state index < -0.39 is 11.9 Å².